The van der Waals surface area contributed by atoms with Crippen molar-refractivity contribution in [3.63, 3.8) is 0 Å². The molecule has 1 atom stereocenters. The lowest BCUT2D eigenvalue weighted by atomic mass is 10.1. The maximum Gasteiger partial charge on any atom is 0.226 e. The number of nitrogens with one attached hydrogen (secondary N) is 1. The lowest BCUT2D eigenvalue weighted by Crippen LogP contribution is -2.29. The van der Waals surface area contributed by atoms with E-state index in [0.29, 0.717) is 21.9 Å². The molecule has 3 rings (SSSR count). The van der Waals surface area contributed by atoms with Gasteiger partial charge in [-0.15, -0.1) is 0 Å². The second kappa shape index (κ2) is 6.81. The quantitative estimate of drug-likeness (QED) is 0.754. The molecule has 1 unspecified atom stereocenters. The van der Waals surface area contributed by atoms with Gasteiger partial charge in [-0.05, 0) is 18.2 Å². The predicted molar refractivity (Wildman–Crippen MR) is 87.1 cm³/mol. The Kier molecular flexibility index (Phi) is 4.60. The van der Waals surface area contributed by atoms with Gasteiger partial charge in [0.15, 0.2) is 5.58 Å². The van der Waals surface area contributed by atoms with Gasteiger partial charge < -0.3 is 14.9 Å². The summed E-state index contributed by atoms with van der Waals surface area (Å²) in [5.41, 5.74) is 1.80. The van der Waals surface area contributed by atoms with Gasteiger partial charge in [-0.2, -0.15) is 0 Å². The molecular weight excluding hydrogens is 316 g/mol. The van der Waals surface area contributed by atoms with E-state index >= 15 is 0 Å². The summed E-state index contributed by atoms with van der Waals surface area (Å²) in [5, 5.41) is 18.0. The lowest BCUT2D eigenvalue weighted by Gasteiger charge is -2.13. The molecule has 3 aromatic rings. The largest absolute Gasteiger partial charge is 0.387 e. The zero-order chi connectivity index (χ0) is 16.2. The van der Waals surface area contributed by atoms with Crippen LogP contribution < -0.4 is 5.32 Å². The Hall–Kier alpha value is -2.37. The number of halogens is 1. The molecule has 2 N–H and O–H groups in total. The van der Waals surface area contributed by atoms with Crippen molar-refractivity contribution < 1.29 is 14.4 Å². The van der Waals surface area contributed by atoms with Gasteiger partial charge in [0.1, 0.15) is 5.69 Å². The summed E-state index contributed by atoms with van der Waals surface area (Å²) in [5.74, 6) is -0.241. The second-order valence-corrected chi connectivity index (χ2v) is 5.55. The summed E-state index contributed by atoms with van der Waals surface area (Å²) >= 11 is 6.02. The number of hydrogen-bond acceptors (Lipinski definition) is 4. The number of aliphatic hydroxyl groups is 1. The van der Waals surface area contributed by atoms with E-state index in [1.807, 2.05) is 18.2 Å². The van der Waals surface area contributed by atoms with Crippen LogP contribution in [-0.4, -0.2) is 22.7 Å². The van der Waals surface area contributed by atoms with Crippen LogP contribution >= 0.6 is 11.6 Å². The standard InChI is InChI=1S/C17H15ClN2O3/c18-13-7-3-1-5-11(13)15(21)10-19-17(22)9-14-12-6-2-4-8-16(12)23-20-14/h1-8,15,21H,9-10H2,(H,19,22). The summed E-state index contributed by atoms with van der Waals surface area (Å²) in [4.78, 5) is 12.0. The van der Waals surface area contributed by atoms with Crippen LogP contribution in [0, 0.1) is 0 Å². The number of benzene rings is 2. The highest BCUT2D eigenvalue weighted by molar-refractivity contribution is 6.31. The molecule has 1 amide bonds. The molecule has 0 aliphatic carbocycles. The van der Waals surface area contributed by atoms with E-state index in [1.165, 1.54) is 0 Å². The van der Waals surface area contributed by atoms with E-state index in [2.05, 4.69) is 10.5 Å². The van der Waals surface area contributed by atoms with Gasteiger partial charge in [-0.25, -0.2) is 0 Å². The number of aromatic nitrogens is 1. The second-order valence-electron chi connectivity index (χ2n) is 5.14. The van der Waals surface area contributed by atoms with Crippen LogP contribution in [0.3, 0.4) is 0 Å². The minimum Gasteiger partial charge on any atom is -0.387 e. The Morgan fingerprint density at radius 1 is 1.22 bits per heavy atom. The molecule has 0 radical (unpaired) electrons. The molecule has 0 saturated heterocycles. The fourth-order valence-corrected chi connectivity index (χ4v) is 2.61. The van der Waals surface area contributed by atoms with Crippen LogP contribution in [-0.2, 0) is 11.2 Å². The monoisotopic (exact) mass is 330 g/mol. The van der Waals surface area contributed by atoms with Gasteiger partial charge >= 0.3 is 0 Å². The van der Waals surface area contributed by atoms with Crippen LogP contribution in [0.15, 0.2) is 53.1 Å². The van der Waals surface area contributed by atoms with Crippen LogP contribution in [0.2, 0.25) is 5.02 Å². The molecule has 118 valence electrons. The molecule has 1 heterocycles. The van der Waals surface area contributed by atoms with E-state index in [1.54, 1.807) is 30.3 Å². The number of rotatable bonds is 5. The summed E-state index contributed by atoms with van der Waals surface area (Å²) in [6, 6.07) is 14.4. The van der Waals surface area contributed by atoms with Crippen molar-refractivity contribution in [1.82, 2.24) is 10.5 Å². The normalized spacial score (nSPS) is 12.3. The van der Waals surface area contributed by atoms with Crippen LogP contribution in [0.1, 0.15) is 17.4 Å². The summed E-state index contributed by atoms with van der Waals surface area (Å²) in [6.45, 7) is 0.0817. The first-order valence-corrected chi connectivity index (χ1v) is 7.55. The molecule has 6 heteroatoms. The maximum absolute atomic E-state index is 12.0. The number of amides is 1. The number of carbonyl (C=O) groups excluding carboxylic acids is 1. The molecule has 0 aliphatic rings. The van der Waals surface area contributed by atoms with E-state index in [-0.39, 0.29) is 18.9 Å². The van der Waals surface area contributed by atoms with Crippen LogP contribution in [0.4, 0.5) is 0 Å². The first-order valence-electron chi connectivity index (χ1n) is 7.17. The Labute approximate surface area is 137 Å². The number of fused-ring (bicyclic) bond motifs is 1. The van der Waals surface area contributed by atoms with Gasteiger partial charge in [0.25, 0.3) is 0 Å². The van der Waals surface area contributed by atoms with Crippen molar-refractivity contribution in [3.8, 4) is 0 Å². The first kappa shape index (κ1) is 15.5. The molecule has 0 spiro atoms. The summed E-state index contributed by atoms with van der Waals surface area (Å²) in [7, 11) is 0. The first-order chi connectivity index (χ1) is 11.1. The molecule has 2 aromatic carbocycles. The number of aliphatic hydroxyl groups excluding tert-OH is 1. The molecule has 0 aliphatic heterocycles. The summed E-state index contributed by atoms with van der Waals surface area (Å²) < 4.78 is 5.16. The van der Waals surface area contributed by atoms with E-state index in [4.69, 9.17) is 16.1 Å². The third-order valence-corrected chi connectivity index (χ3v) is 3.88. The minimum absolute atomic E-state index is 0.0817. The third-order valence-electron chi connectivity index (χ3n) is 3.54. The van der Waals surface area contributed by atoms with Gasteiger partial charge in [-0.1, -0.05) is 47.1 Å². The topological polar surface area (TPSA) is 75.4 Å². The van der Waals surface area contributed by atoms with E-state index < -0.39 is 6.10 Å². The van der Waals surface area contributed by atoms with Gasteiger partial charge in [0.05, 0.1) is 12.5 Å². The van der Waals surface area contributed by atoms with E-state index in [9.17, 15) is 9.90 Å². The minimum atomic E-state index is -0.860. The lowest BCUT2D eigenvalue weighted by molar-refractivity contribution is -0.121. The molecule has 0 bridgehead atoms. The Morgan fingerprint density at radius 2 is 1.96 bits per heavy atom. The van der Waals surface area contributed by atoms with Crippen LogP contribution in [0.25, 0.3) is 11.0 Å². The Balaban J connectivity index is 1.61. The Bertz CT molecular complexity index is 831. The van der Waals surface area contributed by atoms with Gasteiger partial charge in [-0.3, -0.25) is 4.79 Å². The molecule has 5 nitrogen and oxygen atoms in total. The smallest absolute Gasteiger partial charge is 0.226 e. The molecular formula is C17H15ClN2O3. The number of nitrogens with zero attached hydrogens (tertiary/aromatic N) is 1. The number of para-hydroxylation sites is 1. The van der Waals surface area contributed by atoms with Gasteiger partial charge in [0, 0.05) is 22.5 Å². The highest BCUT2D eigenvalue weighted by Crippen LogP contribution is 2.22. The van der Waals surface area contributed by atoms with Crippen molar-refractivity contribution in [2.24, 2.45) is 0 Å². The van der Waals surface area contributed by atoms with Crippen molar-refractivity contribution >= 4 is 28.5 Å². The van der Waals surface area contributed by atoms with Crippen molar-refractivity contribution in [2.75, 3.05) is 6.54 Å². The number of carbonyl (C=O) groups is 1. The molecule has 0 saturated carbocycles. The fraction of sp³-hybridized carbons (Fsp3) is 0.176. The average Bonchev–Trinajstić information content (AvgIpc) is 2.96. The highest BCUT2D eigenvalue weighted by Gasteiger charge is 2.15. The fourth-order valence-electron chi connectivity index (χ4n) is 2.35. The van der Waals surface area contributed by atoms with Crippen molar-refractivity contribution in [2.45, 2.75) is 12.5 Å². The Morgan fingerprint density at radius 3 is 2.78 bits per heavy atom. The molecule has 1 aromatic heterocycles. The zero-order valence-electron chi connectivity index (χ0n) is 12.2. The van der Waals surface area contributed by atoms with Gasteiger partial charge in [0.2, 0.25) is 5.91 Å². The number of hydrogen-bond donors (Lipinski definition) is 2. The highest BCUT2D eigenvalue weighted by atomic mass is 35.5. The average molecular weight is 331 g/mol. The zero-order valence-corrected chi connectivity index (χ0v) is 13.0. The van der Waals surface area contributed by atoms with Crippen LogP contribution in [0.5, 0.6) is 0 Å². The van der Waals surface area contributed by atoms with E-state index in [0.717, 1.165) is 5.39 Å². The third kappa shape index (κ3) is 3.52. The maximum atomic E-state index is 12.0. The summed E-state index contributed by atoms with van der Waals surface area (Å²) in [6.07, 6.45) is -0.770. The SMILES string of the molecule is O=C(Cc1noc2ccccc12)NCC(O)c1ccccc1Cl. The predicted octanol–water partition coefficient (Wildman–Crippen LogP) is 2.87. The molecule has 0 fully saturated rings. The van der Waals surface area contributed by atoms with Crippen molar-refractivity contribution in [3.05, 3.63) is 64.8 Å². The van der Waals surface area contributed by atoms with Crippen molar-refractivity contribution in [1.29, 1.82) is 0 Å². The molecule has 23 heavy (non-hydrogen) atoms.